The van der Waals surface area contributed by atoms with Crippen molar-refractivity contribution in [2.45, 2.75) is 13.1 Å². The molecular weight excluding hydrogens is 422 g/mol. The summed E-state index contributed by atoms with van der Waals surface area (Å²) in [5.74, 6) is 2.88. The first-order chi connectivity index (χ1) is 16.2. The van der Waals surface area contributed by atoms with Gasteiger partial charge < -0.3 is 23.4 Å². The lowest BCUT2D eigenvalue weighted by atomic mass is 10.0. The van der Waals surface area contributed by atoms with Gasteiger partial charge in [-0.2, -0.15) is 0 Å². The van der Waals surface area contributed by atoms with Crippen LogP contribution >= 0.6 is 0 Å². The van der Waals surface area contributed by atoms with Crippen LogP contribution in [0.5, 0.6) is 23.0 Å². The monoisotopic (exact) mass is 443 g/mol. The lowest BCUT2D eigenvalue weighted by molar-refractivity contribution is 0.0889. The molecule has 7 nitrogen and oxygen atoms in total. The van der Waals surface area contributed by atoms with Crippen molar-refractivity contribution < 1.29 is 23.4 Å². The molecule has 0 bridgehead atoms. The van der Waals surface area contributed by atoms with Crippen molar-refractivity contribution in [3.05, 3.63) is 82.2 Å². The first-order valence-electron chi connectivity index (χ1n) is 10.7. The number of nitrogens with zero attached hydrogens (tertiary/aromatic N) is 1. The molecule has 7 heteroatoms. The van der Waals surface area contributed by atoms with E-state index in [2.05, 4.69) is 4.90 Å². The third kappa shape index (κ3) is 3.37. The van der Waals surface area contributed by atoms with Crippen molar-refractivity contribution in [2.24, 2.45) is 0 Å². The molecule has 0 N–H and O–H groups in total. The molecule has 0 aliphatic carbocycles. The number of fused-ring (bicyclic) bond motifs is 4. The minimum Gasteiger partial charge on any atom is -0.496 e. The molecule has 3 heterocycles. The number of methoxy groups -OCH3 is 1. The molecule has 0 amide bonds. The Morgan fingerprint density at radius 3 is 2.70 bits per heavy atom. The Balaban J connectivity index is 1.35. The Morgan fingerprint density at radius 2 is 1.79 bits per heavy atom. The van der Waals surface area contributed by atoms with Gasteiger partial charge in [0.1, 0.15) is 30.1 Å². The highest BCUT2D eigenvalue weighted by Crippen LogP contribution is 2.36. The summed E-state index contributed by atoms with van der Waals surface area (Å²) in [4.78, 5) is 15.5. The van der Waals surface area contributed by atoms with Gasteiger partial charge in [-0.15, -0.1) is 0 Å². The van der Waals surface area contributed by atoms with Gasteiger partial charge in [0.15, 0.2) is 11.5 Å². The molecule has 0 atom stereocenters. The van der Waals surface area contributed by atoms with Crippen molar-refractivity contribution in [3.8, 4) is 34.1 Å². The van der Waals surface area contributed by atoms with Crippen LogP contribution in [-0.4, -0.2) is 25.5 Å². The molecule has 0 spiro atoms. The second-order valence-electron chi connectivity index (χ2n) is 8.05. The molecule has 0 fully saturated rings. The van der Waals surface area contributed by atoms with Gasteiger partial charge in [-0.25, -0.2) is 0 Å². The third-order valence-corrected chi connectivity index (χ3v) is 6.03. The standard InChI is InChI=1S/C26H21NO6/c1-29-21-5-3-2-4-17(21)20-13-30-26-18(25(20)28)7-9-22-19(26)12-27(14-31-22)11-16-6-8-23-24(10-16)33-15-32-23/h2-10,13H,11-12,14-15H2,1H3. The summed E-state index contributed by atoms with van der Waals surface area (Å²) in [6.07, 6.45) is 1.51. The van der Waals surface area contributed by atoms with Crippen LogP contribution < -0.4 is 24.4 Å². The zero-order valence-electron chi connectivity index (χ0n) is 18.0. The molecule has 0 unspecified atom stereocenters. The first kappa shape index (κ1) is 19.7. The summed E-state index contributed by atoms with van der Waals surface area (Å²) in [5, 5.41) is 0.519. The molecule has 6 rings (SSSR count). The molecule has 1 aromatic heterocycles. The third-order valence-electron chi connectivity index (χ3n) is 6.03. The molecular formula is C26H21NO6. The zero-order chi connectivity index (χ0) is 22.4. The van der Waals surface area contributed by atoms with Crippen LogP contribution in [0.25, 0.3) is 22.1 Å². The van der Waals surface area contributed by atoms with E-state index in [9.17, 15) is 4.79 Å². The van der Waals surface area contributed by atoms with Crippen LogP contribution in [0, 0.1) is 0 Å². The Hall–Kier alpha value is -3.97. The van der Waals surface area contributed by atoms with E-state index in [0.717, 1.165) is 28.4 Å². The fourth-order valence-corrected chi connectivity index (χ4v) is 4.41. The van der Waals surface area contributed by atoms with Gasteiger partial charge in [-0.05, 0) is 35.9 Å². The maximum absolute atomic E-state index is 13.4. The van der Waals surface area contributed by atoms with Crippen LogP contribution in [0.1, 0.15) is 11.1 Å². The van der Waals surface area contributed by atoms with Gasteiger partial charge in [0, 0.05) is 18.7 Å². The topological polar surface area (TPSA) is 70.4 Å². The van der Waals surface area contributed by atoms with E-state index in [4.69, 9.17) is 23.4 Å². The van der Waals surface area contributed by atoms with Crippen LogP contribution in [0.4, 0.5) is 0 Å². The highest BCUT2D eigenvalue weighted by molar-refractivity contribution is 5.86. The summed E-state index contributed by atoms with van der Waals surface area (Å²) in [5.41, 5.74) is 3.57. The second kappa shape index (κ2) is 7.86. The molecule has 2 aliphatic rings. The predicted octanol–water partition coefficient (Wildman–Crippen LogP) is 4.55. The van der Waals surface area contributed by atoms with E-state index in [-0.39, 0.29) is 12.2 Å². The number of ether oxygens (including phenoxy) is 4. The highest BCUT2D eigenvalue weighted by atomic mass is 16.7. The number of benzene rings is 3. The minimum absolute atomic E-state index is 0.101. The highest BCUT2D eigenvalue weighted by Gasteiger charge is 2.24. The van der Waals surface area contributed by atoms with Crippen molar-refractivity contribution in [3.63, 3.8) is 0 Å². The lowest BCUT2D eigenvalue weighted by Gasteiger charge is -2.29. The normalized spacial score (nSPS) is 14.7. The Bertz CT molecular complexity index is 1430. The van der Waals surface area contributed by atoms with E-state index in [1.807, 2.05) is 48.5 Å². The fraction of sp³-hybridized carbons (Fsp3) is 0.192. The molecule has 0 saturated heterocycles. The summed E-state index contributed by atoms with van der Waals surface area (Å²) >= 11 is 0. The van der Waals surface area contributed by atoms with Crippen molar-refractivity contribution in [2.75, 3.05) is 20.6 Å². The average molecular weight is 443 g/mol. The largest absolute Gasteiger partial charge is 0.496 e. The second-order valence-corrected chi connectivity index (χ2v) is 8.05. The van der Waals surface area contributed by atoms with E-state index in [1.54, 1.807) is 13.2 Å². The van der Waals surface area contributed by atoms with Crippen LogP contribution in [0.15, 0.2) is 70.1 Å². The van der Waals surface area contributed by atoms with Gasteiger partial charge in [0.05, 0.1) is 23.6 Å². The van der Waals surface area contributed by atoms with E-state index in [0.29, 0.717) is 47.7 Å². The van der Waals surface area contributed by atoms with E-state index < -0.39 is 0 Å². The maximum atomic E-state index is 13.4. The van der Waals surface area contributed by atoms with Gasteiger partial charge in [-0.1, -0.05) is 24.3 Å². The zero-order valence-corrected chi connectivity index (χ0v) is 18.0. The fourth-order valence-electron chi connectivity index (χ4n) is 4.41. The molecule has 2 aliphatic heterocycles. The Labute approximate surface area is 189 Å². The van der Waals surface area contributed by atoms with Crippen LogP contribution in [0.3, 0.4) is 0 Å². The smallest absolute Gasteiger partial charge is 0.231 e. The van der Waals surface area contributed by atoms with Crippen molar-refractivity contribution >= 4 is 11.0 Å². The van der Waals surface area contributed by atoms with Gasteiger partial charge in [-0.3, -0.25) is 9.69 Å². The maximum Gasteiger partial charge on any atom is 0.231 e. The van der Waals surface area contributed by atoms with Crippen molar-refractivity contribution in [1.29, 1.82) is 0 Å². The molecule has 0 radical (unpaired) electrons. The van der Waals surface area contributed by atoms with Gasteiger partial charge in [0.2, 0.25) is 12.2 Å². The van der Waals surface area contributed by atoms with Gasteiger partial charge >= 0.3 is 0 Å². The summed E-state index contributed by atoms with van der Waals surface area (Å²) in [7, 11) is 1.59. The number of hydrogen-bond donors (Lipinski definition) is 0. The first-order valence-corrected chi connectivity index (χ1v) is 10.7. The van der Waals surface area contributed by atoms with Crippen LogP contribution in [0.2, 0.25) is 0 Å². The SMILES string of the molecule is COc1ccccc1-c1coc2c3c(ccc2c1=O)OCN(Cc1ccc2c(c1)OCO2)C3. The Kier molecular flexibility index (Phi) is 4.69. The Morgan fingerprint density at radius 1 is 0.939 bits per heavy atom. The molecule has 166 valence electrons. The predicted molar refractivity (Wildman–Crippen MR) is 122 cm³/mol. The van der Waals surface area contributed by atoms with Crippen molar-refractivity contribution in [1.82, 2.24) is 4.90 Å². The molecule has 4 aromatic rings. The quantitative estimate of drug-likeness (QED) is 0.458. The van der Waals surface area contributed by atoms with E-state index in [1.165, 1.54) is 6.26 Å². The number of rotatable bonds is 4. The summed E-state index contributed by atoms with van der Waals surface area (Å²) in [6.45, 7) is 1.95. The number of hydrogen-bond acceptors (Lipinski definition) is 7. The number of para-hydroxylation sites is 1. The lowest BCUT2D eigenvalue weighted by Crippen LogP contribution is -2.31. The molecule has 0 saturated carbocycles. The van der Waals surface area contributed by atoms with Gasteiger partial charge in [0.25, 0.3) is 0 Å². The van der Waals surface area contributed by atoms with E-state index >= 15 is 0 Å². The minimum atomic E-state index is -0.101. The molecule has 33 heavy (non-hydrogen) atoms. The summed E-state index contributed by atoms with van der Waals surface area (Å²) < 4.78 is 28.3. The van der Waals surface area contributed by atoms with Crippen LogP contribution in [-0.2, 0) is 13.1 Å². The average Bonchev–Trinajstić information content (AvgIpc) is 3.32. The summed E-state index contributed by atoms with van der Waals surface area (Å²) in [6, 6.07) is 17.0. The molecule has 3 aromatic carbocycles.